The van der Waals surface area contributed by atoms with Crippen molar-refractivity contribution in [2.24, 2.45) is 0 Å². The van der Waals surface area contributed by atoms with Gasteiger partial charge in [-0.15, -0.1) is 0 Å². The van der Waals surface area contributed by atoms with E-state index in [4.69, 9.17) is 4.74 Å². The van der Waals surface area contributed by atoms with E-state index in [0.29, 0.717) is 22.6 Å². The molecule has 0 aliphatic rings. The fourth-order valence-electron chi connectivity index (χ4n) is 2.90. The number of aryl methyl sites for hydroxylation is 1. The maximum Gasteiger partial charge on any atom is 0.266 e. The van der Waals surface area contributed by atoms with Crippen molar-refractivity contribution in [1.29, 1.82) is 10.5 Å². The standard InChI is InChI=1S/C25H18BrN3O2/c1-17-5-4-8-23(11-17)29-25(30)21(15-28)12-20-13-22(26)9-10-24(20)31-16-19-7-3-2-6-18(19)14-27/h2-13H,16H2,1H3,(H,29,30)/b21-12+. The van der Waals surface area contributed by atoms with Crippen molar-refractivity contribution in [3.05, 3.63) is 99.0 Å². The summed E-state index contributed by atoms with van der Waals surface area (Å²) in [6.45, 7) is 2.11. The topological polar surface area (TPSA) is 85.9 Å². The van der Waals surface area contributed by atoms with Crippen molar-refractivity contribution in [1.82, 2.24) is 0 Å². The zero-order valence-electron chi connectivity index (χ0n) is 16.7. The molecule has 0 aromatic heterocycles. The highest BCUT2D eigenvalue weighted by Crippen LogP contribution is 2.27. The monoisotopic (exact) mass is 471 g/mol. The molecule has 3 rings (SSSR count). The van der Waals surface area contributed by atoms with Crippen LogP contribution in [0, 0.1) is 29.6 Å². The third-order valence-corrected chi connectivity index (χ3v) is 4.93. The van der Waals surface area contributed by atoms with Gasteiger partial charge in [0.2, 0.25) is 0 Å². The lowest BCUT2D eigenvalue weighted by molar-refractivity contribution is -0.112. The maximum absolute atomic E-state index is 12.6. The minimum atomic E-state index is -0.506. The number of halogens is 1. The highest BCUT2D eigenvalue weighted by molar-refractivity contribution is 9.10. The fourth-order valence-corrected chi connectivity index (χ4v) is 3.28. The molecule has 31 heavy (non-hydrogen) atoms. The highest BCUT2D eigenvalue weighted by Gasteiger charge is 2.13. The minimum absolute atomic E-state index is 0.0538. The Kier molecular flexibility index (Phi) is 7.22. The molecular weight excluding hydrogens is 454 g/mol. The first-order valence-corrected chi connectivity index (χ1v) is 10.2. The van der Waals surface area contributed by atoms with Crippen LogP contribution < -0.4 is 10.1 Å². The van der Waals surface area contributed by atoms with Gasteiger partial charge in [-0.05, 0) is 55.0 Å². The number of nitriles is 2. The van der Waals surface area contributed by atoms with E-state index in [0.717, 1.165) is 15.6 Å². The molecule has 0 unspecified atom stereocenters. The Labute approximate surface area is 189 Å². The highest BCUT2D eigenvalue weighted by atomic mass is 79.9. The summed E-state index contributed by atoms with van der Waals surface area (Å²) >= 11 is 3.41. The lowest BCUT2D eigenvalue weighted by Gasteiger charge is -2.11. The molecule has 1 amide bonds. The Morgan fingerprint density at radius 1 is 1.10 bits per heavy atom. The summed E-state index contributed by atoms with van der Waals surface area (Å²) in [6.07, 6.45) is 1.49. The molecule has 0 atom stereocenters. The Morgan fingerprint density at radius 2 is 1.90 bits per heavy atom. The molecule has 0 saturated heterocycles. The average molecular weight is 472 g/mol. The first kappa shape index (κ1) is 21.8. The number of hydrogen-bond acceptors (Lipinski definition) is 4. The molecule has 0 radical (unpaired) electrons. The molecule has 0 aliphatic carbocycles. The third-order valence-electron chi connectivity index (χ3n) is 4.43. The summed E-state index contributed by atoms with van der Waals surface area (Å²) in [5.74, 6) is -0.0131. The van der Waals surface area contributed by atoms with Gasteiger partial charge in [-0.1, -0.05) is 46.3 Å². The van der Waals surface area contributed by atoms with Crippen molar-refractivity contribution in [2.75, 3.05) is 5.32 Å². The SMILES string of the molecule is Cc1cccc(NC(=O)/C(C#N)=C/c2cc(Br)ccc2OCc2ccccc2C#N)c1. The van der Waals surface area contributed by atoms with Gasteiger partial charge in [-0.25, -0.2) is 0 Å². The van der Waals surface area contributed by atoms with Gasteiger partial charge in [0.05, 0.1) is 11.6 Å². The van der Waals surface area contributed by atoms with E-state index in [1.165, 1.54) is 6.08 Å². The summed E-state index contributed by atoms with van der Waals surface area (Å²) in [4.78, 5) is 12.6. The maximum atomic E-state index is 12.6. The molecule has 0 spiro atoms. The van der Waals surface area contributed by atoms with Gasteiger partial charge in [0.1, 0.15) is 24.0 Å². The Bertz CT molecular complexity index is 1240. The number of carbonyl (C=O) groups excluding carboxylic acids is 1. The first-order chi connectivity index (χ1) is 15.0. The summed E-state index contributed by atoms with van der Waals surface area (Å²) in [5, 5.41) is 21.6. The molecule has 3 aromatic rings. The number of amides is 1. The van der Waals surface area contributed by atoms with Crippen LogP contribution in [0.3, 0.4) is 0 Å². The zero-order chi connectivity index (χ0) is 22.2. The number of anilines is 1. The van der Waals surface area contributed by atoms with Gasteiger partial charge in [0.25, 0.3) is 5.91 Å². The van der Waals surface area contributed by atoms with Crippen LogP contribution in [-0.4, -0.2) is 5.91 Å². The second-order valence-corrected chi connectivity index (χ2v) is 7.65. The first-order valence-electron chi connectivity index (χ1n) is 9.40. The lowest BCUT2D eigenvalue weighted by atomic mass is 10.1. The van der Waals surface area contributed by atoms with Crippen molar-refractivity contribution in [2.45, 2.75) is 13.5 Å². The zero-order valence-corrected chi connectivity index (χ0v) is 18.3. The van der Waals surface area contributed by atoms with Gasteiger partial charge in [-0.3, -0.25) is 4.79 Å². The molecule has 152 valence electrons. The molecular formula is C25H18BrN3O2. The van der Waals surface area contributed by atoms with Gasteiger partial charge in [0, 0.05) is 21.3 Å². The fraction of sp³-hybridized carbons (Fsp3) is 0.0800. The van der Waals surface area contributed by atoms with Crippen LogP contribution >= 0.6 is 15.9 Å². The van der Waals surface area contributed by atoms with Crippen molar-refractivity contribution in [3.8, 4) is 17.9 Å². The molecule has 3 aromatic carbocycles. The molecule has 0 bridgehead atoms. The van der Waals surface area contributed by atoms with Crippen LogP contribution in [0.5, 0.6) is 5.75 Å². The number of hydrogen-bond donors (Lipinski definition) is 1. The Morgan fingerprint density at radius 3 is 2.65 bits per heavy atom. The molecule has 1 N–H and O–H groups in total. The van der Waals surface area contributed by atoms with E-state index in [1.54, 1.807) is 30.3 Å². The predicted octanol–water partition coefficient (Wildman–Crippen LogP) is 5.75. The second-order valence-electron chi connectivity index (χ2n) is 6.73. The van der Waals surface area contributed by atoms with Crippen molar-refractivity contribution in [3.63, 3.8) is 0 Å². The number of nitrogens with zero attached hydrogens (tertiary/aromatic N) is 2. The largest absolute Gasteiger partial charge is 0.488 e. The number of carbonyl (C=O) groups is 1. The molecule has 5 nitrogen and oxygen atoms in total. The van der Waals surface area contributed by atoms with Gasteiger partial charge >= 0.3 is 0 Å². The van der Waals surface area contributed by atoms with E-state index < -0.39 is 5.91 Å². The molecule has 6 heteroatoms. The Balaban J connectivity index is 1.86. The number of benzene rings is 3. The van der Waals surface area contributed by atoms with Gasteiger partial charge in [-0.2, -0.15) is 10.5 Å². The van der Waals surface area contributed by atoms with E-state index in [9.17, 15) is 15.3 Å². The van der Waals surface area contributed by atoms with E-state index >= 15 is 0 Å². The van der Waals surface area contributed by atoms with E-state index in [1.807, 2.05) is 49.4 Å². The Hall–Kier alpha value is -3.87. The summed E-state index contributed by atoms with van der Waals surface area (Å²) in [5.41, 5.74) is 3.42. The third kappa shape index (κ3) is 5.82. The molecule has 0 fully saturated rings. The van der Waals surface area contributed by atoms with Crippen molar-refractivity contribution >= 4 is 33.6 Å². The number of rotatable bonds is 6. The van der Waals surface area contributed by atoms with Crippen LogP contribution in [0.15, 0.2) is 76.8 Å². The van der Waals surface area contributed by atoms with Gasteiger partial charge < -0.3 is 10.1 Å². The average Bonchev–Trinajstić information content (AvgIpc) is 2.77. The van der Waals surface area contributed by atoms with E-state index in [-0.39, 0.29) is 12.2 Å². The summed E-state index contributed by atoms with van der Waals surface area (Å²) in [6, 6.07) is 24.0. The predicted molar refractivity (Wildman–Crippen MR) is 123 cm³/mol. The quantitative estimate of drug-likeness (QED) is 0.366. The lowest BCUT2D eigenvalue weighted by Crippen LogP contribution is -2.13. The number of nitrogens with one attached hydrogen (secondary N) is 1. The van der Waals surface area contributed by atoms with Crippen LogP contribution in [0.4, 0.5) is 5.69 Å². The molecule has 0 saturated carbocycles. The van der Waals surface area contributed by atoms with Crippen LogP contribution in [0.1, 0.15) is 22.3 Å². The molecule has 0 heterocycles. The van der Waals surface area contributed by atoms with E-state index in [2.05, 4.69) is 27.3 Å². The normalized spacial score (nSPS) is 10.6. The smallest absolute Gasteiger partial charge is 0.266 e. The molecule has 0 aliphatic heterocycles. The summed E-state index contributed by atoms with van der Waals surface area (Å²) < 4.78 is 6.70. The summed E-state index contributed by atoms with van der Waals surface area (Å²) in [7, 11) is 0. The second kappa shape index (κ2) is 10.2. The van der Waals surface area contributed by atoms with Crippen molar-refractivity contribution < 1.29 is 9.53 Å². The van der Waals surface area contributed by atoms with Crippen LogP contribution in [0.25, 0.3) is 6.08 Å². The van der Waals surface area contributed by atoms with Gasteiger partial charge in [0.15, 0.2) is 0 Å². The van der Waals surface area contributed by atoms with Crippen LogP contribution in [-0.2, 0) is 11.4 Å². The van der Waals surface area contributed by atoms with Crippen LogP contribution in [0.2, 0.25) is 0 Å². The number of ether oxygens (including phenoxy) is 1. The minimum Gasteiger partial charge on any atom is -0.488 e.